The molecule has 0 aromatic carbocycles. The number of thiophene rings is 1. The average Bonchev–Trinajstić information content (AvgIpc) is 3.02. The van der Waals surface area contributed by atoms with Crippen molar-refractivity contribution in [3.8, 4) is 0 Å². The molecule has 0 unspecified atom stereocenters. The summed E-state index contributed by atoms with van der Waals surface area (Å²) < 4.78 is 0. The molecule has 1 saturated heterocycles. The van der Waals surface area contributed by atoms with E-state index in [2.05, 4.69) is 10.6 Å². The van der Waals surface area contributed by atoms with E-state index in [1.165, 1.54) is 30.6 Å². The van der Waals surface area contributed by atoms with Gasteiger partial charge in [0.1, 0.15) is 0 Å². The third kappa shape index (κ3) is 4.29. The first kappa shape index (κ1) is 17.3. The lowest BCUT2D eigenvalue weighted by Gasteiger charge is -2.33. The fraction of sp³-hybridized carbons (Fsp3) is 0.667. The number of carbonyl (C=O) groups excluding carboxylic acids is 2. The predicted octanol–water partition coefficient (Wildman–Crippen LogP) is 3.29. The maximum atomic E-state index is 12.5. The second kappa shape index (κ2) is 8.01. The van der Waals surface area contributed by atoms with Gasteiger partial charge in [0, 0.05) is 25.2 Å². The highest BCUT2D eigenvalue weighted by Crippen LogP contribution is 2.21. The molecule has 1 aliphatic heterocycles. The number of piperidine rings is 1. The molecular formula is C18H27N3O2S. The number of rotatable bonds is 3. The van der Waals surface area contributed by atoms with E-state index < -0.39 is 0 Å². The SMILES string of the molecule is Cc1ccsc1C(=O)N1CCC(NC(=O)NC2CCCCC2)CC1. The fourth-order valence-electron chi connectivity index (χ4n) is 3.62. The van der Waals surface area contributed by atoms with Crippen molar-refractivity contribution in [1.29, 1.82) is 0 Å². The Bertz CT molecular complexity index is 573. The highest BCUT2D eigenvalue weighted by molar-refractivity contribution is 7.12. The Balaban J connectivity index is 1.42. The van der Waals surface area contributed by atoms with E-state index in [9.17, 15) is 9.59 Å². The Kier molecular flexibility index (Phi) is 5.76. The van der Waals surface area contributed by atoms with Crippen LogP contribution in [0.2, 0.25) is 0 Å². The van der Waals surface area contributed by atoms with Gasteiger partial charge in [0.2, 0.25) is 0 Å². The summed E-state index contributed by atoms with van der Waals surface area (Å²) in [5, 5.41) is 8.15. The van der Waals surface area contributed by atoms with Gasteiger partial charge in [0.25, 0.3) is 5.91 Å². The zero-order chi connectivity index (χ0) is 16.9. The first-order valence-electron chi connectivity index (χ1n) is 9.04. The van der Waals surface area contributed by atoms with Crippen LogP contribution >= 0.6 is 11.3 Å². The van der Waals surface area contributed by atoms with Crippen LogP contribution in [0.15, 0.2) is 11.4 Å². The minimum atomic E-state index is -0.0409. The van der Waals surface area contributed by atoms with Crippen LogP contribution in [0.5, 0.6) is 0 Å². The summed E-state index contributed by atoms with van der Waals surface area (Å²) in [6, 6.07) is 2.45. The van der Waals surface area contributed by atoms with Crippen LogP contribution in [0.1, 0.15) is 60.2 Å². The molecule has 2 heterocycles. The number of nitrogens with one attached hydrogen (secondary N) is 2. The van der Waals surface area contributed by atoms with Gasteiger partial charge in [-0.15, -0.1) is 11.3 Å². The molecule has 1 saturated carbocycles. The smallest absolute Gasteiger partial charge is 0.315 e. The van der Waals surface area contributed by atoms with E-state index in [4.69, 9.17) is 0 Å². The van der Waals surface area contributed by atoms with Crippen LogP contribution in [0.3, 0.4) is 0 Å². The van der Waals surface area contributed by atoms with Gasteiger partial charge in [-0.1, -0.05) is 19.3 Å². The molecule has 2 fully saturated rings. The Morgan fingerprint density at radius 3 is 2.25 bits per heavy atom. The summed E-state index contributed by atoms with van der Waals surface area (Å²) in [7, 11) is 0. The Morgan fingerprint density at radius 1 is 1.04 bits per heavy atom. The van der Waals surface area contributed by atoms with Crippen LogP contribution in [-0.4, -0.2) is 42.0 Å². The van der Waals surface area contributed by atoms with Crippen LogP contribution in [0.25, 0.3) is 0 Å². The highest BCUT2D eigenvalue weighted by atomic mass is 32.1. The largest absolute Gasteiger partial charge is 0.338 e. The lowest BCUT2D eigenvalue weighted by atomic mass is 9.96. The molecule has 3 rings (SSSR count). The Labute approximate surface area is 147 Å². The normalized spacial score (nSPS) is 20.0. The van der Waals surface area contributed by atoms with Crippen LogP contribution in [-0.2, 0) is 0 Å². The van der Waals surface area contributed by atoms with Gasteiger partial charge in [-0.2, -0.15) is 0 Å². The molecule has 0 spiro atoms. The van der Waals surface area contributed by atoms with Gasteiger partial charge < -0.3 is 15.5 Å². The minimum Gasteiger partial charge on any atom is -0.338 e. The molecule has 24 heavy (non-hydrogen) atoms. The summed E-state index contributed by atoms with van der Waals surface area (Å²) >= 11 is 1.51. The van der Waals surface area contributed by atoms with Crippen LogP contribution in [0, 0.1) is 6.92 Å². The first-order chi connectivity index (χ1) is 11.6. The van der Waals surface area contributed by atoms with Gasteiger partial charge in [-0.05, 0) is 49.6 Å². The second-order valence-corrected chi connectivity index (χ2v) is 7.87. The highest BCUT2D eigenvalue weighted by Gasteiger charge is 2.26. The standard InChI is InChI=1S/C18H27N3O2S/c1-13-9-12-24-16(13)17(22)21-10-7-15(8-11-21)20-18(23)19-14-5-3-2-4-6-14/h9,12,14-15H,2-8,10-11H2,1H3,(H2,19,20,23). The van der Waals surface area contributed by atoms with Crippen molar-refractivity contribution >= 4 is 23.3 Å². The summed E-state index contributed by atoms with van der Waals surface area (Å²) in [5.41, 5.74) is 1.05. The zero-order valence-corrected chi connectivity index (χ0v) is 15.2. The van der Waals surface area contributed by atoms with E-state index >= 15 is 0 Å². The molecule has 5 nitrogen and oxygen atoms in total. The molecule has 2 N–H and O–H groups in total. The predicted molar refractivity (Wildman–Crippen MR) is 96.5 cm³/mol. The summed E-state index contributed by atoms with van der Waals surface area (Å²) in [5.74, 6) is 0.132. The van der Waals surface area contributed by atoms with Crippen molar-refractivity contribution in [3.63, 3.8) is 0 Å². The van der Waals surface area contributed by atoms with E-state index in [0.29, 0.717) is 19.1 Å². The van der Waals surface area contributed by atoms with Crippen molar-refractivity contribution < 1.29 is 9.59 Å². The molecule has 6 heteroatoms. The van der Waals surface area contributed by atoms with Gasteiger partial charge in [0.15, 0.2) is 0 Å². The summed E-state index contributed by atoms with van der Waals surface area (Å²) in [6.07, 6.45) is 7.57. The number of amides is 3. The number of carbonyl (C=O) groups is 2. The molecule has 0 atom stereocenters. The number of hydrogen-bond donors (Lipinski definition) is 2. The van der Waals surface area contributed by atoms with Crippen LogP contribution in [0.4, 0.5) is 4.79 Å². The number of likely N-dealkylation sites (tertiary alicyclic amines) is 1. The number of urea groups is 1. The molecule has 1 aliphatic carbocycles. The van der Waals surface area contributed by atoms with E-state index in [1.54, 1.807) is 0 Å². The van der Waals surface area contributed by atoms with Gasteiger partial charge in [0.05, 0.1) is 4.88 Å². The number of aryl methyl sites for hydroxylation is 1. The quantitative estimate of drug-likeness (QED) is 0.879. The number of nitrogens with zero attached hydrogens (tertiary/aromatic N) is 1. The van der Waals surface area contributed by atoms with Crippen molar-refractivity contribution in [2.45, 2.75) is 64.0 Å². The second-order valence-electron chi connectivity index (χ2n) is 6.95. The number of hydrogen-bond acceptors (Lipinski definition) is 3. The van der Waals surface area contributed by atoms with Gasteiger partial charge >= 0.3 is 6.03 Å². The van der Waals surface area contributed by atoms with Crippen molar-refractivity contribution in [2.24, 2.45) is 0 Å². The Hall–Kier alpha value is -1.56. The summed E-state index contributed by atoms with van der Waals surface area (Å²) in [6.45, 7) is 3.41. The Morgan fingerprint density at radius 2 is 1.67 bits per heavy atom. The maximum absolute atomic E-state index is 12.5. The zero-order valence-electron chi connectivity index (χ0n) is 14.3. The molecular weight excluding hydrogens is 322 g/mol. The van der Waals surface area contributed by atoms with Gasteiger partial charge in [-0.25, -0.2) is 4.79 Å². The van der Waals surface area contributed by atoms with Crippen molar-refractivity contribution in [3.05, 3.63) is 21.9 Å². The maximum Gasteiger partial charge on any atom is 0.315 e. The van der Waals surface area contributed by atoms with Crippen molar-refractivity contribution in [2.75, 3.05) is 13.1 Å². The average molecular weight is 350 g/mol. The van der Waals surface area contributed by atoms with E-state index in [0.717, 1.165) is 36.1 Å². The van der Waals surface area contributed by atoms with Crippen LogP contribution < -0.4 is 10.6 Å². The van der Waals surface area contributed by atoms with E-state index in [-0.39, 0.29) is 18.0 Å². The van der Waals surface area contributed by atoms with Crippen molar-refractivity contribution in [1.82, 2.24) is 15.5 Å². The monoisotopic (exact) mass is 349 g/mol. The molecule has 0 bridgehead atoms. The van der Waals surface area contributed by atoms with Gasteiger partial charge in [-0.3, -0.25) is 4.79 Å². The molecule has 2 aliphatic rings. The summed E-state index contributed by atoms with van der Waals surface area (Å²) in [4.78, 5) is 27.4. The molecule has 1 aromatic heterocycles. The lowest BCUT2D eigenvalue weighted by Crippen LogP contribution is -2.51. The molecule has 132 valence electrons. The minimum absolute atomic E-state index is 0.0409. The first-order valence-corrected chi connectivity index (χ1v) is 9.92. The molecule has 0 radical (unpaired) electrons. The third-order valence-electron chi connectivity index (χ3n) is 5.11. The molecule has 1 aromatic rings. The lowest BCUT2D eigenvalue weighted by molar-refractivity contribution is 0.0712. The molecule has 3 amide bonds. The fourth-order valence-corrected chi connectivity index (χ4v) is 4.51. The van der Waals surface area contributed by atoms with E-state index in [1.807, 2.05) is 23.3 Å². The topological polar surface area (TPSA) is 61.4 Å². The third-order valence-corrected chi connectivity index (χ3v) is 6.12.